The van der Waals surface area contributed by atoms with Crippen molar-refractivity contribution in [2.45, 2.75) is 11.8 Å². The third kappa shape index (κ3) is 4.05. The van der Waals surface area contributed by atoms with Crippen LogP contribution in [0.4, 0.5) is 15.3 Å². The van der Waals surface area contributed by atoms with E-state index in [1.165, 1.54) is 27.4 Å². The molecule has 1 fully saturated rings. The third-order valence-corrected chi connectivity index (χ3v) is 6.44. The predicted octanol–water partition coefficient (Wildman–Crippen LogP) is 3.44. The highest BCUT2D eigenvalue weighted by Gasteiger charge is 2.35. The van der Waals surface area contributed by atoms with Gasteiger partial charge in [0.1, 0.15) is 5.37 Å². The SMILES string of the molecule is NC(=O)n1cc(NC(=O)N2CCS[C@H]2C(=O)Cc2cncc(Br)c2)c2ccccc21. The predicted molar refractivity (Wildman–Crippen MR) is 120 cm³/mol. The molecule has 1 saturated heterocycles. The van der Waals surface area contributed by atoms with Gasteiger partial charge in [-0.1, -0.05) is 18.2 Å². The number of ketones is 1. The van der Waals surface area contributed by atoms with E-state index in [9.17, 15) is 14.4 Å². The first kappa shape index (κ1) is 20.4. The van der Waals surface area contributed by atoms with Crippen LogP contribution in [0.1, 0.15) is 5.56 Å². The summed E-state index contributed by atoms with van der Waals surface area (Å²) in [5.74, 6) is 0.607. The van der Waals surface area contributed by atoms with E-state index >= 15 is 0 Å². The number of aromatic nitrogens is 2. The number of amides is 3. The zero-order chi connectivity index (χ0) is 21.3. The molecule has 1 atom stereocenters. The van der Waals surface area contributed by atoms with Crippen LogP contribution in [-0.2, 0) is 11.2 Å². The topological polar surface area (TPSA) is 110 Å². The number of nitrogens with two attached hydrogens (primary N) is 1. The van der Waals surface area contributed by atoms with Gasteiger partial charge in [0.15, 0.2) is 5.78 Å². The van der Waals surface area contributed by atoms with E-state index in [-0.39, 0.29) is 12.2 Å². The lowest BCUT2D eigenvalue weighted by atomic mass is 10.1. The Kier molecular flexibility index (Phi) is 5.78. The number of rotatable bonds is 4. The van der Waals surface area contributed by atoms with Crippen LogP contribution in [0, 0.1) is 0 Å². The van der Waals surface area contributed by atoms with Gasteiger partial charge in [-0.25, -0.2) is 9.59 Å². The Balaban J connectivity index is 1.52. The summed E-state index contributed by atoms with van der Waals surface area (Å²) >= 11 is 4.79. The number of hydrogen-bond acceptors (Lipinski definition) is 5. The summed E-state index contributed by atoms with van der Waals surface area (Å²) in [7, 11) is 0. The molecule has 154 valence electrons. The summed E-state index contributed by atoms with van der Waals surface area (Å²) < 4.78 is 2.08. The lowest BCUT2D eigenvalue weighted by molar-refractivity contribution is -0.119. The largest absolute Gasteiger partial charge is 0.351 e. The average molecular weight is 488 g/mol. The molecule has 1 aromatic carbocycles. The summed E-state index contributed by atoms with van der Waals surface area (Å²) in [6.45, 7) is 0.456. The van der Waals surface area contributed by atoms with E-state index in [0.29, 0.717) is 28.9 Å². The maximum Gasteiger partial charge on any atom is 0.323 e. The molecule has 0 aliphatic carbocycles. The van der Waals surface area contributed by atoms with Gasteiger partial charge in [-0.15, -0.1) is 11.8 Å². The maximum absolute atomic E-state index is 13.0. The molecular formula is C20H18BrN5O3S. The van der Waals surface area contributed by atoms with Crippen molar-refractivity contribution in [1.29, 1.82) is 0 Å². The van der Waals surface area contributed by atoms with Crippen LogP contribution in [-0.4, -0.2) is 50.0 Å². The van der Waals surface area contributed by atoms with Gasteiger partial charge < -0.3 is 16.0 Å². The van der Waals surface area contributed by atoms with Gasteiger partial charge in [0.05, 0.1) is 11.2 Å². The van der Waals surface area contributed by atoms with Crippen LogP contribution in [0.3, 0.4) is 0 Å². The number of pyridine rings is 1. The number of fused-ring (bicyclic) bond motifs is 1. The van der Waals surface area contributed by atoms with Crippen molar-refractivity contribution in [2.24, 2.45) is 5.73 Å². The van der Waals surface area contributed by atoms with E-state index in [2.05, 4.69) is 26.2 Å². The number of para-hydroxylation sites is 1. The molecule has 10 heteroatoms. The van der Waals surface area contributed by atoms with Gasteiger partial charge in [0.2, 0.25) is 0 Å². The normalized spacial score (nSPS) is 16.0. The smallest absolute Gasteiger partial charge is 0.323 e. The molecule has 0 saturated carbocycles. The van der Waals surface area contributed by atoms with E-state index in [1.807, 2.05) is 12.1 Å². The summed E-state index contributed by atoms with van der Waals surface area (Å²) in [6.07, 6.45) is 4.99. The van der Waals surface area contributed by atoms with Crippen molar-refractivity contribution in [2.75, 3.05) is 17.6 Å². The lowest BCUT2D eigenvalue weighted by Gasteiger charge is -2.23. The fraction of sp³-hybridized carbons (Fsp3) is 0.200. The zero-order valence-electron chi connectivity index (χ0n) is 15.7. The number of carbonyl (C=O) groups is 3. The first-order valence-corrected chi connectivity index (χ1v) is 11.0. The lowest BCUT2D eigenvalue weighted by Crippen LogP contribution is -2.42. The van der Waals surface area contributed by atoms with Crippen LogP contribution >= 0.6 is 27.7 Å². The van der Waals surface area contributed by atoms with Crippen LogP contribution in [0.5, 0.6) is 0 Å². The van der Waals surface area contributed by atoms with Crippen molar-refractivity contribution >= 4 is 62.1 Å². The first-order valence-electron chi connectivity index (χ1n) is 9.15. The fourth-order valence-electron chi connectivity index (χ4n) is 3.43. The fourth-order valence-corrected chi connectivity index (χ4v) is 5.02. The molecule has 0 spiro atoms. The number of nitrogens with one attached hydrogen (secondary N) is 1. The maximum atomic E-state index is 13.0. The summed E-state index contributed by atoms with van der Waals surface area (Å²) in [5, 5.41) is 2.95. The minimum Gasteiger partial charge on any atom is -0.351 e. The Morgan fingerprint density at radius 2 is 2.07 bits per heavy atom. The molecule has 8 nitrogen and oxygen atoms in total. The molecule has 3 aromatic rings. The second-order valence-electron chi connectivity index (χ2n) is 6.77. The van der Waals surface area contributed by atoms with Gasteiger partial charge in [-0.3, -0.25) is 14.3 Å². The zero-order valence-corrected chi connectivity index (χ0v) is 18.1. The highest BCUT2D eigenvalue weighted by atomic mass is 79.9. The highest BCUT2D eigenvalue weighted by molar-refractivity contribution is 9.10. The van der Waals surface area contributed by atoms with E-state index < -0.39 is 17.4 Å². The van der Waals surface area contributed by atoms with E-state index in [1.54, 1.807) is 30.6 Å². The molecule has 0 bridgehead atoms. The van der Waals surface area contributed by atoms with Gasteiger partial charge in [0.25, 0.3) is 0 Å². The number of carbonyl (C=O) groups excluding carboxylic acids is 3. The summed E-state index contributed by atoms with van der Waals surface area (Å²) in [5.41, 5.74) is 7.29. The number of thioether (sulfide) groups is 1. The number of anilines is 1. The highest BCUT2D eigenvalue weighted by Crippen LogP contribution is 2.29. The summed E-state index contributed by atoms with van der Waals surface area (Å²) in [4.78, 5) is 43.1. The molecule has 3 heterocycles. The molecule has 4 rings (SSSR count). The molecule has 0 radical (unpaired) electrons. The van der Waals surface area contributed by atoms with Gasteiger partial charge in [0, 0.05) is 47.2 Å². The quantitative estimate of drug-likeness (QED) is 0.585. The number of hydrogen-bond donors (Lipinski definition) is 2. The van der Waals surface area contributed by atoms with Crippen molar-refractivity contribution < 1.29 is 14.4 Å². The third-order valence-electron chi connectivity index (χ3n) is 4.76. The van der Waals surface area contributed by atoms with Crippen molar-refractivity contribution in [3.63, 3.8) is 0 Å². The monoisotopic (exact) mass is 487 g/mol. The number of halogens is 1. The molecule has 1 aliphatic rings. The van der Waals surface area contributed by atoms with Crippen molar-refractivity contribution in [3.05, 3.63) is 59.0 Å². The summed E-state index contributed by atoms with van der Waals surface area (Å²) in [6, 6.07) is 7.96. The molecule has 2 aromatic heterocycles. The average Bonchev–Trinajstić information content (AvgIpc) is 3.34. The number of urea groups is 1. The van der Waals surface area contributed by atoms with Crippen LogP contribution in [0.2, 0.25) is 0 Å². The Morgan fingerprint density at radius 3 is 2.83 bits per heavy atom. The van der Waals surface area contributed by atoms with E-state index in [4.69, 9.17) is 5.73 Å². The van der Waals surface area contributed by atoms with Crippen molar-refractivity contribution in [1.82, 2.24) is 14.5 Å². The van der Waals surface area contributed by atoms with E-state index in [0.717, 1.165) is 10.0 Å². The number of Topliss-reactive ketones (excluding diaryl/α,β-unsaturated/α-hetero) is 1. The van der Waals surface area contributed by atoms with Gasteiger partial charge >= 0.3 is 12.1 Å². The van der Waals surface area contributed by atoms with Gasteiger partial charge in [-0.05, 0) is 33.6 Å². The standard InChI is InChI=1S/C20H18BrN5O3S/c21-13-7-12(9-23-10-13)8-17(27)18-25(5-6-30-18)20(29)24-15-11-26(19(22)28)16-4-2-1-3-14(15)16/h1-4,7,9-11,18H,5-6,8H2,(H2,22,28)(H,24,29)/t18-/m0/s1. The second-order valence-corrected chi connectivity index (χ2v) is 8.87. The van der Waals surface area contributed by atoms with Crippen molar-refractivity contribution in [3.8, 4) is 0 Å². The number of benzene rings is 1. The molecule has 0 unspecified atom stereocenters. The van der Waals surface area contributed by atoms with Gasteiger partial charge in [-0.2, -0.15) is 0 Å². The van der Waals surface area contributed by atoms with Crippen LogP contribution < -0.4 is 11.1 Å². The Bertz CT molecular complexity index is 1150. The Labute approximate surface area is 184 Å². The minimum atomic E-state index is -0.640. The van der Waals surface area contributed by atoms with Crippen LogP contribution in [0.25, 0.3) is 10.9 Å². The molecule has 1 aliphatic heterocycles. The molecular weight excluding hydrogens is 470 g/mol. The first-order chi connectivity index (χ1) is 14.4. The Hall–Kier alpha value is -2.85. The number of primary amides is 1. The second kappa shape index (κ2) is 8.49. The minimum absolute atomic E-state index is 0.0629. The molecule has 3 amide bonds. The molecule has 3 N–H and O–H groups in total. The number of nitrogens with zero attached hydrogens (tertiary/aromatic N) is 3. The Morgan fingerprint density at radius 1 is 1.27 bits per heavy atom. The van der Waals surface area contributed by atoms with Crippen LogP contribution in [0.15, 0.2) is 53.4 Å². The molecule has 30 heavy (non-hydrogen) atoms.